The third-order valence-corrected chi connectivity index (χ3v) is 3.37. The number of nitrogens with one attached hydrogen (secondary N) is 3. The van der Waals surface area contributed by atoms with E-state index in [4.69, 9.17) is 0 Å². The average molecular weight is 300 g/mol. The molecule has 8 heteroatoms. The van der Waals surface area contributed by atoms with Crippen LogP contribution < -0.4 is 16.0 Å². The number of piperidine rings is 1. The van der Waals surface area contributed by atoms with Crippen LogP contribution in [-0.4, -0.2) is 61.8 Å². The van der Waals surface area contributed by atoms with Gasteiger partial charge in [0.2, 0.25) is 5.91 Å². The van der Waals surface area contributed by atoms with Crippen molar-refractivity contribution in [1.29, 1.82) is 0 Å². The largest absolute Gasteiger partial charge is 0.453 e. The van der Waals surface area contributed by atoms with Gasteiger partial charge in [0, 0.05) is 25.7 Å². The Hall–Kier alpha value is -1.99. The molecule has 3 N–H and O–H groups in total. The van der Waals surface area contributed by atoms with Crippen molar-refractivity contribution in [3.8, 4) is 0 Å². The summed E-state index contributed by atoms with van der Waals surface area (Å²) in [6, 6.07) is -0.702. The Morgan fingerprint density at radius 1 is 1.29 bits per heavy atom. The average Bonchev–Trinajstić information content (AvgIpc) is 2.47. The maximum absolute atomic E-state index is 11.9. The molecular weight excluding hydrogens is 276 g/mol. The molecule has 0 unspecified atom stereocenters. The normalized spacial score (nSPS) is 16.8. The second kappa shape index (κ2) is 8.33. The van der Waals surface area contributed by atoms with Gasteiger partial charge in [0.15, 0.2) is 0 Å². The van der Waals surface area contributed by atoms with Crippen LogP contribution in [0.1, 0.15) is 26.7 Å². The minimum Gasteiger partial charge on any atom is -0.453 e. The lowest BCUT2D eigenvalue weighted by molar-refractivity contribution is -0.123. The zero-order valence-electron chi connectivity index (χ0n) is 12.8. The van der Waals surface area contributed by atoms with E-state index in [0.29, 0.717) is 32.5 Å². The molecule has 4 amide bonds. The van der Waals surface area contributed by atoms with Crippen molar-refractivity contribution in [3.63, 3.8) is 0 Å². The summed E-state index contributed by atoms with van der Waals surface area (Å²) in [5.74, 6) is -0.253. The zero-order valence-corrected chi connectivity index (χ0v) is 12.8. The van der Waals surface area contributed by atoms with E-state index < -0.39 is 12.1 Å². The number of amides is 4. The highest BCUT2D eigenvalue weighted by Crippen LogP contribution is 2.10. The van der Waals surface area contributed by atoms with Crippen LogP contribution in [0.3, 0.4) is 0 Å². The first-order valence-corrected chi connectivity index (χ1v) is 7.15. The minimum atomic E-state index is -0.654. The van der Waals surface area contributed by atoms with Crippen LogP contribution in [0.25, 0.3) is 0 Å². The quantitative estimate of drug-likeness (QED) is 0.682. The fourth-order valence-electron chi connectivity index (χ4n) is 2.12. The minimum absolute atomic E-state index is 0.0186. The van der Waals surface area contributed by atoms with Gasteiger partial charge < -0.3 is 25.6 Å². The van der Waals surface area contributed by atoms with Gasteiger partial charge in [-0.3, -0.25) is 4.79 Å². The highest BCUT2D eigenvalue weighted by molar-refractivity contribution is 5.85. The van der Waals surface area contributed by atoms with Crippen molar-refractivity contribution in [2.24, 2.45) is 0 Å². The van der Waals surface area contributed by atoms with E-state index in [1.54, 1.807) is 11.8 Å². The number of nitrogens with zero attached hydrogens (tertiary/aromatic N) is 1. The van der Waals surface area contributed by atoms with Gasteiger partial charge in [-0.1, -0.05) is 0 Å². The van der Waals surface area contributed by atoms with Gasteiger partial charge in [0.25, 0.3) is 0 Å². The van der Waals surface area contributed by atoms with Crippen LogP contribution >= 0.6 is 0 Å². The van der Waals surface area contributed by atoms with Crippen LogP contribution in [0.5, 0.6) is 0 Å². The number of hydrogen-bond acceptors (Lipinski definition) is 4. The number of methoxy groups -OCH3 is 1. The third kappa shape index (κ3) is 5.49. The second-order valence-electron chi connectivity index (χ2n) is 4.96. The summed E-state index contributed by atoms with van der Waals surface area (Å²) in [6.07, 6.45) is 0.769. The van der Waals surface area contributed by atoms with E-state index >= 15 is 0 Å². The van der Waals surface area contributed by atoms with Crippen molar-refractivity contribution in [1.82, 2.24) is 20.9 Å². The summed E-state index contributed by atoms with van der Waals surface area (Å²) in [5.41, 5.74) is 0. The molecule has 8 nitrogen and oxygen atoms in total. The second-order valence-corrected chi connectivity index (χ2v) is 4.96. The molecule has 0 saturated carbocycles. The number of likely N-dealkylation sites (tertiary alicyclic amines) is 1. The van der Waals surface area contributed by atoms with Crippen molar-refractivity contribution >= 4 is 18.0 Å². The van der Waals surface area contributed by atoms with Crippen LogP contribution in [0.4, 0.5) is 9.59 Å². The lowest BCUT2D eigenvalue weighted by Gasteiger charge is -2.32. The number of hydrogen-bond donors (Lipinski definition) is 3. The van der Waals surface area contributed by atoms with Gasteiger partial charge in [-0.2, -0.15) is 0 Å². The molecule has 0 aromatic rings. The SMILES string of the molecule is CCNC(=O)N1CCC(NC(=O)[C@@H](C)NC(=O)OC)CC1. The molecule has 21 heavy (non-hydrogen) atoms. The smallest absolute Gasteiger partial charge is 0.407 e. The Labute approximate surface area is 124 Å². The fourth-order valence-corrected chi connectivity index (χ4v) is 2.12. The predicted octanol–water partition coefficient (Wildman–Crippen LogP) is 0.0410. The summed E-state index contributed by atoms with van der Waals surface area (Å²) < 4.78 is 4.44. The molecule has 0 bridgehead atoms. The molecule has 0 aromatic heterocycles. The topological polar surface area (TPSA) is 99.8 Å². The first-order valence-electron chi connectivity index (χ1n) is 7.15. The highest BCUT2D eigenvalue weighted by atomic mass is 16.5. The Balaban J connectivity index is 2.33. The Morgan fingerprint density at radius 2 is 1.90 bits per heavy atom. The fraction of sp³-hybridized carbons (Fsp3) is 0.769. The number of carbonyl (C=O) groups is 3. The first-order chi connectivity index (χ1) is 9.97. The van der Waals surface area contributed by atoms with E-state index in [9.17, 15) is 14.4 Å². The summed E-state index contributed by atoms with van der Waals surface area (Å²) in [7, 11) is 1.25. The maximum Gasteiger partial charge on any atom is 0.407 e. The molecule has 1 fully saturated rings. The van der Waals surface area contributed by atoms with Gasteiger partial charge in [-0.25, -0.2) is 9.59 Å². The van der Waals surface area contributed by atoms with E-state index in [1.165, 1.54) is 7.11 Å². The molecule has 1 saturated heterocycles. The molecule has 1 aliphatic rings. The Kier molecular flexibility index (Phi) is 6.77. The standard InChI is InChI=1S/C13H24N4O4/c1-4-14-12(19)17-7-5-10(6-8-17)16-11(18)9(2)15-13(20)21-3/h9-10H,4-8H2,1-3H3,(H,14,19)(H,15,20)(H,16,18)/t9-/m1/s1. The van der Waals surface area contributed by atoms with Crippen LogP contribution in [0.15, 0.2) is 0 Å². The van der Waals surface area contributed by atoms with Crippen molar-refractivity contribution in [3.05, 3.63) is 0 Å². The summed E-state index contributed by atoms with van der Waals surface area (Å²) in [4.78, 5) is 36.3. The van der Waals surface area contributed by atoms with Crippen LogP contribution in [0, 0.1) is 0 Å². The van der Waals surface area contributed by atoms with E-state index in [1.807, 2.05) is 6.92 Å². The molecular formula is C13H24N4O4. The number of urea groups is 1. The van der Waals surface area contributed by atoms with Gasteiger partial charge in [0.1, 0.15) is 6.04 Å². The molecule has 0 aliphatic carbocycles. The number of alkyl carbamates (subject to hydrolysis) is 1. The third-order valence-electron chi connectivity index (χ3n) is 3.37. The lowest BCUT2D eigenvalue weighted by atomic mass is 10.0. The summed E-state index contributed by atoms with van der Waals surface area (Å²) >= 11 is 0. The molecule has 1 rings (SSSR count). The number of rotatable bonds is 4. The molecule has 0 spiro atoms. The maximum atomic E-state index is 11.9. The van der Waals surface area contributed by atoms with Crippen molar-refractivity contribution < 1.29 is 19.1 Å². The molecule has 1 aliphatic heterocycles. The first kappa shape index (κ1) is 17.1. The van der Waals surface area contributed by atoms with Crippen molar-refractivity contribution in [2.75, 3.05) is 26.7 Å². The number of carbonyl (C=O) groups excluding carboxylic acids is 3. The van der Waals surface area contributed by atoms with Crippen LogP contribution in [0.2, 0.25) is 0 Å². The predicted molar refractivity (Wildman–Crippen MR) is 76.8 cm³/mol. The van der Waals surface area contributed by atoms with Crippen molar-refractivity contribution in [2.45, 2.75) is 38.8 Å². The Morgan fingerprint density at radius 3 is 2.43 bits per heavy atom. The lowest BCUT2D eigenvalue weighted by Crippen LogP contribution is -2.52. The van der Waals surface area contributed by atoms with Gasteiger partial charge in [0.05, 0.1) is 7.11 Å². The highest BCUT2D eigenvalue weighted by Gasteiger charge is 2.25. The van der Waals surface area contributed by atoms with E-state index in [-0.39, 0.29) is 18.0 Å². The molecule has 0 radical (unpaired) electrons. The number of ether oxygens (including phenoxy) is 1. The summed E-state index contributed by atoms with van der Waals surface area (Å²) in [5, 5.41) is 8.04. The monoisotopic (exact) mass is 300 g/mol. The zero-order chi connectivity index (χ0) is 15.8. The van der Waals surface area contributed by atoms with Gasteiger partial charge in [-0.15, -0.1) is 0 Å². The van der Waals surface area contributed by atoms with Crippen LogP contribution in [-0.2, 0) is 9.53 Å². The van der Waals surface area contributed by atoms with E-state index in [0.717, 1.165) is 0 Å². The molecule has 1 heterocycles. The van der Waals surface area contributed by atoms with E-state index in [2.05, 4.69) is 20.7 Å². The summed E-state index contributed by atoms with van der Waals surface area (Å²) in [6.45, 7) is 5.29. The molecule has 120 valence electrons. The molecule has 1 atom stereocenters. The van der Waals surface area contributed by atoms with Gasteiger partial charge >= 0.3 is 12.1 Å². The molecule has 0 aromatic carbocycles. The van der Waals surface area contributed by atoms with Gasteiger partial charge in [-0.05, 0) is 26.7 Å². The Bertz CT molecular complexity index is 380.